The molecule has 0 aromatic heterocycles. The molecule has 0 aliphatic heterocycles. The highest BCUT2D eigenvalue weighted by atomic mass is 35.5. The molecule has 0 saturated heterocycles. The summed E-state index contributed by atoms with van der Waals surface area (Å²) < 4.78 is 26.3. The summed E-state index contributed by atoms with van der Waals surface area (Å²) in [4.78, 5) is 0. The Labute approximate surface area is 116 Å². The molecule has 19 heavy (non-hydrogen) atoms. The first kappa shape index (κ1) is 14.0. The monoisotopic (exact) mass is 281 g/mol. The number of benzene rings is 2. The van der Waals surface area contributed by atoms with E-state index in [9.17, 15) is 8.78 Å². The summed E-state index contributed by atoms with van der Waals surface area (Å²) in [6, 6.07) is 11.0. The quantitative estimate of drug-likeness (QED) is 0.889. The van der Waals surface area contributed by atoms with Crippen molar-refractivity contribution < 1.29 is 8.78 Å². The first-order valence-electron chi connectivity index (χ1n) is 5.97. The van der Waals surface area contributed by atoms with Crippen LogP contribution in [0.5, 0.6) is 0 Å². The van der Waals surface area contributed by atoms with Crippen molar-refractivity contribution in [3.63, 3.8) is 0 Å². The van der Waals surface area contributed by atoms with Gasteiger partial charge in [-0.1, -0.05) is 29.8 Å². The number of rotatable bonds is 4. The molecule has 1 unspecified atom stereocenters. The third-order valence-corrected chi connectivity index (χ3v) is 3.31. The van der Waals surface area contributed by atoms with E-state index in [4.69, 9.17) is 11.6 Å². The SMILES string of the molecule is CNC(Cc1ccc(F)c(Cl)c1)c1cccc(F)c1. The van der Waals surface area contributed by atoms with Crippen LogP contribution in [0.1, 0.15) is 17.2 Å². The standard InChI is InChI=1S/C15H14ClF2N/c1-19-15(11-3-2-4-12(17)9-11)8-10-5-6-14(18)13(16)7-10/h2-7,9,15,19H,8H2,1H3. The first-order chi connectivity index (χ1) is 9.10. The van der Waals surface area contributed by atoms with Gasteiger partial charge in [-0.15, -0.1) is 0 Å². The average molecular weight is 282 g/mol. The predicted octanol–water partition coefficient (Wildman–Crippen LogP) is 4.12. The maximum absolute atomic E-state index is 13.2. The molecule has 1 N–H and O–H groups in total. The zero-order chi connectivity index (χ0) is 13.8. The fourth-order valence-corrected chi connectivity index (χ4v) is 2.22. The van der Waals surface area contributed by atoms with E-state index in [1.807, 2.05) is 6.07 Å². The minimum absolute atomic E-state index is 0.0442. The van der Waals surface area contributed by atoms with Crippen LogP contribution >= 0.6 is 11.6 Å². The lowest BCUT2D eigenvalue weighted by Crippen LogP contribution is -2.19. The van der Waals surface area contributed by atoms with Crippen molar-refractivity contribution in [1.82, 2.24) is 5.32 Å². The zero-order valence-electron chi connectivity index (χ0n) is 10.5. The predicted molar refractivity (Wildman–Crippen MR) is 73.3 cm³/mol. The van der Waals surface area contributed by atoms with Crippen molar-refractivity contribution in [3.8, 4) is 0 Å². The number of hydrogen-bond donors (Lipinski definition) is 1. The van der Waals surface area contributed by atoms with E-state index in [1.54, 1.807) is 25.2 Å². The molecule has 0 heterocycles. The maximum Gasteiger partial charge on any atom is 0.141 e. The second-order valence-corrected chi connectivity index (χ2v) is 4.76. The van der Waals surface area contributed by atoms with Crippen molar-refractivity contribution in [2.24, 2.45) is 0 Å². The highest BCUT2D eigenvalue weighted by Crippen LogP contribution is 2.22. The van der Waals surface area contributed by atoms with Crippen molar-refractivity contribution in [3.05, 3.63) is 70.2 Å². The Hall–Kier alpha value is -1.45. The lowest BCUT2D eigenvalue weighted by molar-refractivity contribution is 0.576. The molecule has 0 amide bonds. The lowest BCUT2D eigenvalue weighted by Gasteiger charge is -2.17. The van der Waals surface area contributed by atoms with E-state index in [-0.39, 0.29) is 16.9 Å². The number of halogens is 3. The largest absolute Gasteiger partial charge is 0.313 e. The van der Waals surface area contributed by atoms with E-state index in [0.717, 1.165) is 11.1 Å². The van der Waals surface area contributed by atoms with E-state index in [0.29, 0.717) is 6.42 Å². The third kappa shape index (κ3) is 3.52. The molecule has 0 aliphatic rings. The van der Waals surface area contributed by atoms with Crippen LogP contribution in [-0.4, -0.2) is 7.05 Å². The van der Waals surface area contributed by atoms with Crippen molar-refractivity contribution in [2.45, 2.75) is 12.5 Å². The molecule has 2 aromatic rings. The second-order valence-electron chi connectivity index (χ2n) is 4.35. The molecular weight excluding hydrogens is 268 g/mol. The van der Waals surface area contributed by atoms with Gasteiger partial charge >= 0.3 is 0 Å². The summed E-state index contributed by atoms with van der Waals surface area (Å²) in [6.45, 7) is 0. The molecule has 0 spiro atoms. The molecule has 4 heteroatoms. The van der Waals surface area contributed by atoms with Gasteiger partial charge in [-0.25, -0.2) is 8.78 Å². The lowest BCUT2D eigenvalue weighted by atomic mass is 9.99. The highest BCUT2D eigenvalue weighted by Gasteiger charge is 2.12. The average Bonchev–Trinajstić information content (AvgIpc) is 2.40. The summed E-state index contributed by atoms with van der Waals surface area (Å²) in [5.74, 6) is -0.702. The van der Waals surface area contributed by atoms with Crippen LogP contribution in [0.3, 0.4) is 0 Å². The van der Waals surface area contributed by atoms with E-state index >= 15 is 0 Å². The Balaban J connectivity index is 2.21. The summed E-state index contributed by atoms with van der Waals surface area (Å²) in [6.07, 6.45) is 0.611. The Kier molecular flexibility index (Phi) is 4.51. The topological polar surface area (TPSA) is 12.0 Å². The van der Waals surface area contributed by atoms with Crippen molar-refractivity contribution in [2.75, 3.05) is 7.05 Å². The summed E-state index contributed by atoms with van der Waals surface area (Å²) in [7, 11) is 1.81. The molecule has 2 rings (SSSR count). The minimum Gasteiger partial charge on any atom is -0.313 e. The van der Waals surface area contributed by atoms with Crippen LogP contribution in [-0.2, 0) is 6.42 Å². The van der Waals surface area contributed by atoms with Crippen molar-refractivity contribution in [1.29, 1.82) is 0 Å². The molecule has 0 fully saturated rings. The summed E-state index contributed by atoms with van der Waals surface area (Å²) in [5, 5.41) is 3.23. The smallest absolute Gasteiger partial charge is 0.141 e. The van der Waals surface area contributed by atoms with Gasteiger partial charge in [0.05, 0.1) is 5.02 Å². The van der Waals surface area contributed by atoms with Crippen LogP contribution in [0, 0.1) is 11.6 Å². The van der Waals surface area contributed by atoms with E-state index < -0.39 is 5.82 Å². The maximum atomic E-state index is 13.2. The second kappa shape index (κ2) is 6.13. The van der Waals surface area contributed by atoms with Gasteiger partial charge in [-0.3, -0.25) is 0 Å². The Morgan fingerprint density at radius 1 is 1.16 bits per heavy atom. The normalized spacial score (nSPS) is 12.4. The van der Waals surface area contributed by atoms with Crippen LogP contribution in [0.4, 0.5) is 8.78 Å². The molecule has 0 saturated carbocycles. The van der Waals surface area contributed by atoms with E-state index in [1.165, 1.54) is 18.2 Å². The Bertz CT molecular complexity index is 572. The molecule has 1 nitrogen and oxygen atoms in total. The van der Waals surface area contributed by atoms with Gasteiger partial charge in [0.15, 0.2) is 0 Å². The Morgan fingerprint density at radius 3 is 2.58 bits per heavy atom. The molecular formula is C15H14ClF2N. The van der Waals surface area contributed by atoms with Crippen LogP contribution in [0.15, 0.2) is 42.5 Å². The summed E-state index contributed by atoms with van der Waals surface area (Å²) in [5.41, 5.74) is 1.75. The molecule has 0 aliphatic carbocycles. The Morgan fingerprint density at radius 2 is 1.95 bits per heavy atom. The van der Waals surface area contributed by atoms with Crippen LogP contribution in [0.2, 0.25) is 5.02 Å². The van der Waals surface area contributed by atoms with Crippen LogP contribution in [0.25, 0.3) is 0 Å². The molecule has 1 atom stereocenters. The van der Waals surface area contributed by atoms with Gasteiger partial charge in [0, 0.05) is 6.04 Å². The first-order valence-corrected chi connectivity index (χ1v) is 6.34. The number of hydrogen-bond acceptors (Lipinski definition) is 1. The van der Waals surface area contributed by atoms with E-state index in [2.05, 4.69) is 5.32 Å². The number of nitrogens with one attached hydrogen (secondary N) is 1. The molecule has 2 aromatic carbocycles. The fraction of sp³-hybridized carbons (Fsp3) is 0.200. The summed E-state index contributed by atoms with van der Waals surface area (Å²) >= 11 is 5.76. The van der Waals surface area contributed by atoms with Gasteiger partial charge in [0.2, 0.25) is 0 Å². The van der Waals surface area contributed by atoms with Gasteiger partial charge in [0.1, 0.15) is 11.6 Å². The molecule has 0 radical (unpaired) electrons. The van der Waals surface area contributed by atoms with Gasteiger partial charge < -0.3 is 5.32 Å². The molecule has 100 valence electrons. The van der Waals surface area contributed by atoms with Gasteiger partial charge in [-0.2, -0.15) is 0 Å². The third-order valence-electron chi connectivity index (χ3n) is 3.02. The van der Waals surface area contributed by atoms with Crippen LogP contribution < -0.4 is 5.32 Å². The zero-order valence-corrected chi connectivity index (χ0v) is 11.2. The minimum atomic E-state index is -0.433. The fourth-order valence-electron chi connectivity index (χ4n) is 2.01. The highest BCUT2D eigenvalue weighted by molar-refractivity contribution is 6.30. The number of likely N-dealkylation sites (N-methyl/N-ethyl adjacent to an activating group) is 1. The van der Waals surface area contributed by atoms with Gasteiger partial charge in [-0.05, 0) is 48.9 Å². The van der Waals surface area contributed by atoms with Gasteiger partial charge in [0.25, 0.3) is 0 Å². The van der Waals surface area contributed by atoms with Crippen molar-refractivity contribution >= 4 is 11.6 Å². The molecule has 0 bridgehead atoms.